The van der Waals surface area contributed by atoms with Crippen LogP contribution in [0.5, 0.6) is 0 Å². The van der Waals surface area contributed by atoms with Crippen molar-refractivity contribution in [2.45, 2.75) is 37.9 Å². The van der Waals surface area contributed by atoms with Crippen molar-refractivity contribution < 1.29 is 17.5 Å². The van der Waals surface area contributed by atoms with Crippen LogP contribution in [0.2, 0.25) is 0 Å². The number of nitrogens with zero attached hydrogens (tertiary/aromatic N) is 2. The number of halogens is 1. The average Bonchev–Trinajstić information content (AvgIpc) is 3.02. The molecule has 1 atom stereocenters. The molecule has 1 aliphatic rings. The summed E-state index contributed by atoms with van der Waals surface area (Å²) in [7, 11) is -3.76. The van der Waals surface area contributed by atoms with Crippen LogP contribution in [0.1, 0.15) is 23.7 Å². The molecule has 2 N–H and O–H groups in total. The third-order valence-corrected chi connectivity index (χ3v) is 5.85. The Kier molecular flexibility index (Phi) is 4.57. The molecular formula is C20H20FN3O3S. The molecule has 8 heteroatoms. The van der Waals surface area contributed by atoms with Gasteiger partial charge in [0.15, 0.2) is 0 Å². The van der Waals surface area contributed by atoms with E-state index in [0.29, 0.717) is 24.3 Å². The van der Waals surface area contributed by atoms with E-state index in [4.69, 9.17) is 15.0 Å². The predicted octanol–water partition coefficient (Wildman–Crippen LogP) is 3.10. The van der Waals surface area contributed by atoms with Gasteiger partial charge < -0.3 is 4.74 Å². The molecule has 0 unspecified atom stereocenters. The number of benzene rings is 2. The van der Waals surface area contributed by atoms with Crippen LogP contribution in [0.25, 0.3) is 16.9 Å². The third kappa shape index (κ3) is 3.34. The van der Waals surface area contributed by atoms with Gasteiger partial charge in [-0.3, -0.25) is 0 Å². The first kappa shape index (κ1) is 18.8. The van der Waals surface area contributed by atoms with Crippen molar-refractivity contribution in [3.8, 4) is 16.9 Å². The molecule has 28 heavy (non-hydrogen) atoms. The molecule has 0 spiro atoms. The molecule has 1 aromatic heterocycles. The molecule has 4 rings (SSSR count). The van der Waals surface area contributed by atoms with E-state index in [-0.39, 0.29) is 16.8 Å². The number of nitrogens with two attached hydrogens (primary N) is 1. The number of sulfonamides is 1. The molecule has 1 aliphatic heterocycles. The van der Waals surface area contributed by atoms with Gasteiger partial charge in [-0.05, 0) is 49.7 Å². The minimum atomic E-state index is -3.76. The Labute approximate surface area is 162 Å². The molecule has 2 aromatic carbocycles. The van der Waals surface area contributed by atoms with Gasteiger partial charge >= 0.3 is 0 Å². The summed E-state index contributed by atoms with van der Waals surface area (Å²) in [6, 6.07) is 11.2. The molecule has 2 heterocycles. The smallest absolute Gasteiger partial charge is 0.238 e. The Morgan fingerprint density at radius 3 is 2.57 bits per heavy atom. The van der Waals surface area contributed by atoms with Gasteiger partial charge in [0.2, 0.25) is 10.0 Å². The minimum Gasteiger partial charge on any atom is -0.373 e. The average molecular weight is 401 g/mol. The zero-order valence-electron chi connectivity index (χ0n) is 15.5. The lowest BCUT2D eigenvalue weighted by Gasteiger charge is -2.21. The quantitative estimate of drug-likeness (QED) is 0.731. The van der Waals surface area contributed by atoms with E-state index in [2.05, 4.69) is 0 Å². The highest BCUT2D eigenvalue weighted by Gasteiger charge is 2.26. The molecule has 146 valence electrons. The van der Waals surface area contributed by atoms with Crippen LogP contribution < -0.4 is 5.14 Å². The maximum atomic E-state index is 13.7. The third-order valence-electron chi connectivity index (χ3n) is 4.93. The number of hydrogen-bond donors (Lipinski definition) is 1. The van der Waals surface area contributed by atoms with E-state index < -0.39 is 10.0 Å². The molecule has 6 nitrogen and oxygen atoms in total. The lowest BCUT2D eigenvalue weighted by Crippen LogP contribution is -2.21. The van der Waals surface area contributed by atoms with Crippen LogP contribution in [0.4, 0.5) is 4.39 Å². The SMILES string of the molecule is Cc1cc(-n2nc(-c3ccc(S(N)(=O)=O)cc3)c3c2C[C@H](C)OC3)ccc1F. The molecular weight excluding hydrogens is 381 g/mol. The molecule has 0 saturated heterocycles. The first-order chi connectivity index (χ1) is 13.2. The minimum absolute atomic E-state index is 0.0436. The van der Waals surface area contributed by atoms with Gasteiger partial charge in [-0.25, -0.2) is 22.6 Å². The van der Waals surface area contributed by atoms with Gasteiger partial charge in [-0.2, -0.15) is 5.10 Å². The van der Waals surface area contributed by atoms with Crippen molar-refractivity contribution in [1.29, 1.82) is 0 Å². The van der Waals surface area contributed by atoms with Crippen LogP contribution in [-0.4, -0.2) is 24.3 Å². The standard InChI is InChI=1S/C20H20FN3O3S/c1-12-9-15(5-8-18(12)21)24-19-10-13(2)27-11-17(19)20(23-24)14-3-6-16(7-4-14)28(22,25)26/h3-9,13H,10-11H2,1-2H3,(H2,22,25,26)/t13-/m0/s1. The fourth-order valence-electron chi connectivity index (χ4n) is 3.41. The first-order valence-corrected chi connectivity index (χ1v) is 10.4. The van der Waals surface area contributed by atoms with Gasteiger partial charge in [-0.1, -0.05) is 12.1 Å². The maximum Gasteiger partial charge on any atom is 0.238 e. The van der Waals surface area contributed by atoms with Crippen LogP contribution in [0.3, 0.4) is 0 Å². The molecule has 0 radical (unpaired) electrons. The molecule has 0 fully saturated rings. The summed E-state index contributed by atoms with van der Waals surface area (Å²) in [5, 5.41) is 9.94. The molecule has 0 amide bonds. The lowest BCUT2D eigenvalue weighted by atomic mass is 10.0. The number of hydrogen-bond acceptors (Lipinski definition) is 4. The Balaban J connectivity index is 1.86. The van der Waals surface area contributed by atoms with Gasteiger partial charge in [-0.15, -0.1) is 0 Å². The Hall–Kier alpha value is -2.55. The normalized spacial score (nSPS) is 16.8. The van der Waals surface area contributed by atoms with E-state index in [9.17, 15) is 12.8 Å². The first-order valence-electron chi connectivity index (χ1n) is 8.86. The van der Waals surface area contributed by atoms with Crippen LogP contribution in [-0.2, 0) is 27.8 Å². The Bertz CT molecular complexity index is 1150. The van der Waals surface area contributed by atoms with Gasteiger partial charge in [0.25, 0.3) is 0 Å². The van der Waals surface area contributed by atoms with Crippen molar-refractivity contribution >= 4 is 10.0 Å². The summed E-state index contributed by atoms with van der Waals surface area (Å²) in [6.07, 6.45) is 0.718. The lowest BCUT2D eigenvalue weighted by molar-refractivity contribution is 0.0401. The summed E-state index contributed by atoms with van der Waals surface area (Å²) in [6.45, 7) is 4.12. The van der Waals surface area contributed by atoms with E-state index >= 15 is 0 Å². The predicted molar refractivity (Wildman–Crippen MR) is 103 cm³/mol. The largest absolute Gasteiger partial charge is 0.373 e. The van der Waals surface area contributed by atoms with E-state index in [1.807, 2.05) is 11.6 Å². The summed E-state index contributed by atoms with van der Waals surface area (Å²) < 4.78 is 44.4. The second-order valence-electron chi connectivity index (χ2n) is 7.01. The van der Waals surface area contributed by atoms with Crippen LogP contribution in [0.15, 0.2) is 47.4 Å². The molecule has 0 aliphatic carbocycles. The van der Waals surface area contributed by atoms with Crippen LogP contribution >= 0.6 is 0 Å². The van der Waals surface area contributed by atoms with Gasteiger partial charge in [0.05, 0.1) is 34.7 Å². The van der Waals surface area contributed by atoms with E-state index in [1.165, 1.54) is 18.2 Å². The fourth-order valence-corrected chi connectivity index (χ4v) is 3.93. The van der Waals surface area contributed by atoms with Crippen LogP contribution in [0, 0.1) is 12.7 Å². The van der Waals surface area contributed by atoms with Crippen molar-refractivity contribution in [3.63, 3.8) is 0 Å². The van der Waals surface area contributed by atoms with Gasteiger partial charge in [0.1, 0.15) is 5.82 Å². The zero-order chi connectivity index (χ0) is 20.1. The highest BCUT2D eigenvalue weighted by molar-refractivity contribution is 7.89. The second kappa shape index (κ2) is 6.80. The van der Waals surface area contributed by atoms with Gasteiger partial charge in [0, 0.05) is 17.5 Å². The number of fused-ring (bicyclic) bond motifs is 1. The number of primary sulfonamides is 1. The zero-order valence-corrected chi connectivity index (χ0v) is 16.3. The maximum absolute atomic E-state index is 13.7. The molecule has 0 saturated carbocycles. The highest BCUT2D eigenvalue weighted by Crippen LogP contribution is 2.33. The second-order valence-corrected chi connectivity index (χ2v) is 8.58. The monoisotopic (exact) mass is 401 g/mol. The number of aryl methyl sites for hydroxylation is 1. The molecule has 0 bridgehead atoms. The number of rotatable bonds is 3. The van der Waals surface area contributed by atoms with E-state index in [0.717, 1.165) is 22.5 Å². The Morgan fingerprint density at radius 1 is 1.21 bits per heavy atom. The summed E-state index contributed by atoms with van der Waals surface area (Å²) in [5.41, 5.74) is 4.75. The summed E-state index contributed by atoms with van der Waals surface area (Å²) in [4.78, 5) is 0.0450. The van der Waals surface area contributed by atoms with Crippen molar-refractivity contribution in [1.82, 2.24) is 9.78 Å². The summed E-state index contributed by atoms with van der Waals surface area (Å²) >= 11 is 0. The molecule has 3 aromatic rings. The van der Waals surface area contributed by atoms with E-state index in [1.54, 1.807) is 31.2 Å². The van der Waals surface area contributed by atoms with Crippen molar-refractivity contribution in [2.24, 2.45) is 5.14 Å². The van der Waals surface area contributed by atoms with Crippen molar-refractivity contribution in [2.75, 3.05) is 0 Å². The van der Waals surface area contributed by atoms with Crippen molar-refractivity contribution in [3.05, 3.63) is 65.1 Å². The summed E-state index contributed by atoms with van der Waals surface area (Å²) in [5.74, 6) is -0.264. The highest BCUT2D eigenvalue weighted by atomic mass is 32.2. The Morgan fingerprint density at radius 2 is 1.93 bits per heavy atom. The topological polar surface area (TPSA) is 87.2 Å². The number of ether oxygens (including phenoxy) is 1. The number of aromatic nitrogens is 2. The fraction of sp³-hybridized carbons (Fsp3) is 0.250.